The third-order valence-electron chi connectivity index (χ3n) is 6.08. The summed E-state index contributed by atoms with van der Waals surface area (Å²) in [6, 6.07) is 8.96. The number of aliphatic imine (C=N–C) groups is 1. The second-order valence-corrected chi connectivity index (χ2v) is 8.71. The predicted octanol–water partition coefficient (Wildman–Crippen LogP) is 3.81. The Morgan fingerprint density at radius 1 is 1.10 bits per heavy atom. The van der Waals surface area contributed by atoms with E-state index in [0.717, 1.165) is 58.1 Å². The van der Waals surface area contributed by atoms with Crippen molar-refractivity contribution >= 4 is 29.9 Å². The standard InChI is InChI=1S/C23H40N4O.HI/c1-7-19-9-11-20(12-10-19)22(3,4)17-25-21(24-8-2)26-18-23(27(5)6)13-15-28-16-14-23;/h9-12H,7-8,13-18H2,1-6H3,(H2,24,25,26);1H. The van der Waals surface area contributed by atoms with Crippen LogP contribution >= 0.6 is 24.0 Å². The monoisotopic (exact) mass is 516 g/mol. The first-order chi connectivity index (χ1) is 13.3. The van der Waals surface area contributed by atoms with Gasteiger partial charge in [0, 0.05) is 37.3 Å². The Balaban J connectivity index is 0.00000420. The van der Waals surface area contributed by atoms with E-state index >= 15 is 0 Å². The van der Waals surface area contributed by atoms with Gasteiger partial charge in [0.1, 0.15) is 0 Å². The molecule has 0 unspecified atom stereocenters. The minimum absolute atomic E-state index is 0. The van der Waals surface area contributed by atoms with Gasteiger partial charge in [-0.3, -0.25) is 4.99 Å². The van der Waals surface area contributed by atoms with Crippen molar-refractivity contribution in [2.24, 2.45) is 4.99 Å². The van der Waals surface area contributed by atoms with E-state index in [2.05, 4.69) is 81.6 Å². The number of likely N-dealkylation sites (N-methyl/N-ethyl adjacent to an activating group) is 1. The van der Waals surface area contributed by atoms with E-state index in [9.17, 15) is 0 Å². The molecule has 1 aliphatic heterocycles. The van der Waals surface area contributed by atoms with Gasteiger partial charge in [0.25, 0.3) is 0 Å². The van der Waals surface area contributed by atoms with Crippen molar-refractivity contribution in [1.29, 1.82) is 0 Å². The molecule has 5 nitrogen and oxygen atoms in total. The minimum Gasteiger partial charge on any atom is -0.381 e. The van der Waals surface area contributed by atoms with Gasteiger partial charge in [-0.15, -0.1) is 24.0 Å². The van der Waals surface area contributed by atoms with E-state index in [-0.39, 0.29) is 34.9 Å². The molecular weight excluding hydrogens is 475 g/mol. The normalized spacial score (nSPS) is 17.0. The maximum atomic E-state index is 5.59. The van der Waals surface area contributed by atoms with Crippen LogP contribution in [0.4, 0.5) is 0 Å². The number of benzene rings is 1. The van der Waals surface area contributed by atoms with Crippen molar-refractivity contribution in [3.8, 4) is 0 Å². The molecule has 0 aliphatic carbocycles. The van der Waals surface area contributed by atoms with E-state index in [1.165, 1.54) is 11.1 Å². The van der Waals surface area contributed by atoms with Crippen molar-refractivity contribution < 1.29 is 4.74 Å². The fourth-order valence-electron chi connectivity index (χ4n) is 3.68. The van der Waals surface area contributed by atoms with Gasteiger partial charge >= 0.3 is 0 Å². The van der Waals surface area contributed by atoms with Crippen molar-refractivity contribution in [1.82, 2.24) is 15.5 Å². The lowest BCUT2D eigenvalue weighted by Crippen LogP contribution is -2.57. The molecule has 0 aromatic heterocycles. The molecule has 1 heterocycles. The summed E-state index contributed by atoms with van der Waals surface area (Å²) in [7, 11) is 4.33. The highest BCUT2D eigenvalue weighted by Gasteiger charge is 2.34. The molecule has 1 fully saturated rings. The molecule has 166 valence electrons. The Labute approximate surface area is 195 Å². The lowest BCUT2D eigenvalue weighted by molar-refractivity contribution is -0.00501. The zero-order valence-electron chi connectivity index (χ0n) is 19.2. The van der Waals surface area contributed by atoms with Gasteiger partial charge in [0.2, 0.25) is 0 Å². The SMILES string of the molecule is CCNC(=NCC(C)(C)c1ccc(CC)cc1)NCC1(N(C)C)CCOCC1.I. The fourth-order valence-corrected chi connectivity index (χ4v) is 3.68. The van der Waals surface area contributed by atoms with Gasteiger partial charge in [-0.1, -0.05) is 45.0 Å². The first kappa shape index (κ1) is 26.2. The zero-order chi connectivity index (χ0) is 20.6. The molecule has 0 amide bonds. The summed E-state index contributed by atoms with van der Waals surface area (Å²) in [4.78, 5) is 7.26. The van der Waals surface area contributed by atoms with Gasteiger partial charge in [0.15, 0.2) is 5.96 Å². The molecule has 1 aliphatic rings. The van der Waals surface area contributed by atoms with Gasteiger partial charge in [-0.2, -0.15) is 0 Å². The molecule has 1 saturated heterocycles. The minimum atomic E-state index is -0.00740. The number of hydrogen-bond acceptors (Lipinski definition) is 3. The highest BCUT2D eigenvalue weighted by molar-refractivity contribution is 14.0. The average Bonchev–Trinajstić information content (AvgIpc) is 2.70. The molecule has 29 heavy (non-hydrogen) atoms. The lowest BCUT2D eigenvalue weighted by Gasteiger charge is -2.43. The van der Waals surface area contributed by atoms with Crippen LogP contribution < -0.4 is 10.6 Å². The molecule has 6 heteroatoms. The Hall–Kier alpha value is -0.860. The van der Waals surface area contributed by atoms with E-state index in [1.54, 1.807) is 0 Å². The number of ether oxygens (including phenoxy) is 1. The van der Waals surface area contributed by atoms with E-state index < -0.39 is 0 Å². The molecule has 2 rings (SSSR count). The predicted molar refractivity (Wildman–Crippen MR) is 135 cm³/mol. The first-order valence-electron chi connectivity index (χ1n) is 10.7. The summed E-state index contributed by atoms with van der Waals surface area (Å²) in [6.07, 6.45) is 3.16. The van der Waals surface area contributed by atoms with Crippen LogP contribution in [0.2, 0.25) is 0 Å². The third-order valence-corrected chi connectivity index (χ3v) is 6.08. The molecular formula is C23H41IN4O. The van der Waals surface area contributed by atoms with Crippen LogP contribution in [0.15, 0.2) is 29.3 Å². The van der Waals surface area contributed by atoms with Gasteiger partial charge in [-0.25, -0.2) is 0 Å². The third kappa shape index (κ3) is 7.40. The highest BCUT2D eigenvalue weighted by Crippen LogP contribution is 2.26. The number of halogens is 1. The van der Waals surface area contributed by atoms with Gasteiger partial charge in [0.05, 0.1) is 6.54 Å². The number of hydrogen-bond donors (Lipinski definition) is 2. The molecule has 0 bridgehead atoms. The summed E-state index contributed by atoms with van der Waals surface area (Å²) >= 11 is 0. The smallest absolute Gasteiger partial charge is 0.191 e. The maximum absolute atomic E-state index is 5.59. The van der Waals surface area contributed by atoms with Crippen molar-refractivity contribution in [3.63, 3.8) is 0 Å². The van der Waals surface area contributed by atoms with Crippen LogP contribution in [0.25, 0.3) is 0 Å². The Kier molecular flexibility index (Phi) is 10.9. The Bertz CT molecular complexity index is 622. The van der Waals surface area contributed by atoms with Gasteiger partial charge < -0.3 is 20.3 Å². The first-order valence-corrected chi connectivity index (χ1v) is 10.7. The molecule has 0 radical (unpaired) electrons. The summed E-state index contributed by atoms with van der Waals surface area (Å²) < 4.78 is 5.59. The summed E-state index contributed by atoms with van der Waals surface area (Å²) in [5.74, 6) is 0.897. The van der Waals surface area contributed by atoms with Crippen molar-refractivity contribution in [2.75, 3.05) is 46.9 Å². The van der Waals surface area contributed by atoms with Crippen LogP contribution in [-0.4, -0.2) is 63.3 Å². The van der Waals surface area contributed by atoms with Crippen LogP contribution in [0.3, 0.4) is 0 Å². The maximum Gasteiger partial charge on any atom is 0.191 e. The topological polar surface area (TPSA) is 48.9 Å². The van der Waals surface area contributed by atoms with E-state index in [0.29, 0.717) is 0 Å². The summed E-state index contributed by atoms with van der Waals surface area (Å²) in [5.41, 5.74) is 2.83. The van der Waals surface area contributed by atoms with Crippen LogP contribution in [0.1, 0.15) is 51.7 Å². The second kappa shape index (κ2) is 12.1. The van der Waals surface area contributed by atoms with Crippen molar-refractivity contribution in [2.45, 2.75) is 57.9 Å². The number of nitrogens with zero attached hydrogens (tertiary/aromatic N) is 2. The number of guanidine groups is 1. The largest absolute Gasteiger partial charge is 0.381 e. The molecule has 2 N–H and O–H groups in total. The number of rotatable bonds is 8. The fraction of sp³-hybridized carbons (Fsp3) is 0.696. The molecule has 0 saturated carbocycles. The Morgan fingerprint density at radius 2 is 1.72 bits per heavy atom. The molecule has 0 atom stereocenters. The molecule has 1 aromatic rings. The van der Waals surface area contributed by atoms with Crippen LogP contribution in [-0.2, 0) is 16.6 Å². The lowest BCUT2D eigenvalue weighted by atomic mass is 9.84. The van der Waals surface area contributed by atoms with E-state index in [1.807, 2.05) is 0 Å². The van der Waals surface area contributed by atoms with Crippen molar-refractivity contribution in [3.05, 3.63) is 35.4 Å². The average molecular weight is 517 g/mol. The molecule has 0 spiro atoms. The molecule has 1 aromatic carbocycles. The number of aryl methyl sites for hydroxylation is 1. The van der Waals surface area contributed by atoms with Crippen LogP contribution in [0, 0.1) is 0 Å². The highest BCUT2D eigenvalue weighted by atomic mass is 127. The van der Waals surface area contributed by atoms with Crippen LogP contribution in [0.5, 0.6) is 0 Å². The Morgan fingerprint density at radius 3 is 2.24 bits per heavy atom. The summed E-state index contributed by atoms with van der Waals surface area (Å²) in [5, 5.41) is 7.01. The number of nitrogens with one attached hydrogen (secondary N) is 2. The van der Waals surface area contributed by atoms with Gasteiger partial charge in [-0.05, 0) is 51.4 Å². The second-order valence-electron chi connectivity index (χ2n) is 8.71. The summed E-state index contributed by atoms with van der Waals surface area (Å²) in [6.45, 7) is 13.0. The zero-order valence-corrected chi connectivity index (χ0v) is 21.5. The van der Waals surface area contributed by atoms with E-state index in [4.69, 9.17) is 9.73 Å². The quantitative estimate of drug-likeness (QED) is 0.314.